The standard InChI is InChI=1S/C11H12N4O2S/c1-2-6-12-8-7(10(18)13-6)9(16)14-11(17)15(8)5-3-4-5/h5H,2-4H2,1H3,(H,12,13,18)(H,14,16,17). The summed E-state index contributed by atoms with van der Waals surface area (Å²) >= 11 is 5.14. The van der Waals surface area contributed by atoms with Gasteiger partial charge in [0.15, 0.2) is 0 Å². The van der Waals surface area contributed by atoms with Crippen LogP contribution in [-0.4, -0.2) is 19.5 Å². The van der Waals surface area contributed by atoms with E-state index in [-0.39, 0.29) is 16.4 Å². The zero-order valence-electron chi connectivity index (χ0n) is 9.82. The second kappa shape index (κ2) is 3.88. The number of aromatic nitrogens is 4. The molecule has 3 rings (SSSR count). The van der Waals surface area contributed by atoms with E-state index in [0.29, 0.717) is 23.3 Å². The van der Waals surface area contributed by atoms with Crippen molar-refractivity contribution < 1.29 is 0 Å². The fraction of sp³-hybridized carbons (Fsp3) is 0.455. The van der Waals surface area contributed by atoms with Crippen LogP contribution in [0.25, 0.3) is 11.0 Å². The number of aryl methyl sites for hydroxylation is 1. The van der Waals surface area contributed by atoms with Gasteiger partial charge in [0.25, 0.3) is 5.56 Å². The number of nitrogens with zero attached hydrogens (tertiary/aromatic N) is 2. The van der Waals surface area contributed by atoms with Crippen LogP contribution in [0.5, 0.6) is 0 Å². The van der Waals surface area contributed by atoms with Crippen molar-refractivity contribution in [2.75, 3.05) is 0 Å². The minimum atomic E-state index is -0.469. The van der Waals surface area contributed by atoms with Gasteiger partial charge in [-0.1, -0.05) is 19.1 Å². The molecular formula is C11H12N4O2S. The van der Waals surface area contributed by atoms with Crippen molar-refractivity contribution in [1.29, 1.82) is 0 Å². The molecule has 2 aromatic rings. The van der Waals surface area contributed by atoms with E-state index in [0.717, 1.165) is 12.8 Å². The average Bonchev–Trinajstić information content (AvgIpc) is 3.12. The van der Waals surface area contributed by atoms with Gasteiger partial charge in [0.2, 0.25) is 0 Å². The van der Waals surface area contributed by atoms with E-state index in [2.05, 4.69) is 15.0 Å². The Morgan fingerprint density at radius 1 is 1.39 bits per heavy atom. The molecular weight excluding hydrogens is 252 g/mol. The maximum atomic E-state index is 11.9. The minimum Gasteiger partial charge on any atom is -0.329 e. The van der Waals surface area contributed by atoms with Gasteiger partial charge in [-0.25, -0.2) is 9.78 Å². The fourth-order valence-electron chi connectivity index (χ4n) is 2.06. The van der Waals surface area contributed by atoms with E-state index >= 15 is 0 Å². The van der Waals surface area contributed by atoms with Crippen molar-refractivity contribution in [3.63, 3.8) is 0 Å². The summed E-state index contributed by atoms with van der Waals surface area (Å²) in [6, 6.07) is 0.162. The molecule has 1 saturated carbocycles. The molecule has 1 aliphatic rings. The molecule has 0 bridgehead atoms. The SMILES string of the molecule is CCc1nc(=S)c2c(=O)[nH]c(=O)n(C3CC3)c2[nH]1. The molecule has 0 aliphatic heterocycles. The molecule has 0 radical (unpaired) electrons. The lowest BCUT2D eigenvalue weighted by atomic mass is 10.3. The van der Waals surface area contributed by atoms with Crippen LogP contribution in [-0.2, 0) is 6.42 Å². The van der Waals surface area contributed by atoms with Crippen molar-refractivity contribution in [1.82, 2.24) is 19.5 Å². The molecule has 0 saturated heterocycles. The van der Waals surface area contributed by atoms with Crippen molar-refractivity contribution in [2.45, 2.75) is 32.2 Å². The summed E-state index contributed by atoms with van der Waals surface area (Å²) in [5.41, 5.74) is -0.347. The smallest absolute Gasteiger partial charge is 0.329 e. The molecule has 0 aromatic carbocycles. The van der Waals surface area contributed by atoms with E-state index in [1.165, 1.54) is 0 Å². The summed E-state index contributed by atoms with van der Waals surface area (Å²) in [7, 11) is 0. The predicted octanol–water partition coefficient (Wildman–Crippen LogP) is 1.04. The van der Waals surface area contributed by atoms with Crippen LogP contribution < -0.4 is 11.2 Å². The van der Waals surface area contributed by atoms with Crippen molar-refractivity contribution in [3.8, 4) is 0 Å². The Balaban J connectivity index is 2.54. The summed E-state index contributed by atoms with van der Waals surface area (Å²) in [6.07, 6.45) is 2.57. The van der Waals surface area contributed by atoms with Crippen LogP contribution in [0.4, 0.5) is 0 Å². The average molecular weight is 264 g/mol. The second-order valence-corrected chi connectivity index (χ2v) is 4.81. The molecule has 0 atom stereocenters. The Hall–Kier alpha value is -1.76. The van der Waals surface area contributed by atoms with Crippen LogP contribution in [0.1, 0.15) is 31.6 Å². The summed E-state index contributed by atoms with van der Waals surface area (Å²) in [5, 5.41) is 0.300. The monoisotopic (exact) mass is 264 g/mol. The zero-order valence-corrected chi connectivity index (χ0v) is 10.6. The first-order valence-corrected chi connectivity index (χ1v) is 6.30. The first kappa shape index (κ1) is 11.3. The topological polar surface area (TPSA) is 83.5 Å². The highest BCUT2D eigenvalue weighted by Gasteiger charge is 2.27. The van der Waals surface area contributed by atoms with Crippen LogP contribution in [0.15, 0.2) is 9.59 Å². The maximum Gasteiger partial charge on any atom is 0.330 e. The predicted molar refractivity (Wildman–Crippen MR) is 69.5 cm³/mol. The van der Waals surface area contributed by atoms with Gasteiger partial charge in [0.1, 0.15) is 21.5 Å². The Kier molecular flexibility index (Phi) is 2.44. The molecule has 2 aromatic heterocycles. The third-order valence-corrected chi connectivity index (χ3v) is 3.40. The van der Waals surface area contributed by atoms with E-state index < -0.39 is 5.56 Å². The van der Waals surface area contributed by atoms with Gasteiger partial charge in [-0.05, 0) is 12.8 Å². The van der Waals surface area contributed by atoms with Gasteiger partial charge < -0.3 is 4.98 Å². The molecule has 1 aliphatic carbocycles. The highest BCUT2D eigenvalue weighted by atomic mass is 32.1. The lowest BCUT2D eigenvalue weighted by Gasteiger charge is -2.09. The lowest BCUT2D eigenvalue weighted by Crippen LogP contribution is -2.31. The van der Waals surface area contributed by atoms with Gasteiger partial charge in [0, 0.05) is 12.5 Å². The third kappa shape index (κ3) is 1.62. The van der Waals surface area contributed by atoms with Gasteiger partial charge in [-0.3, -0.25) is 14.3 Å². The molecule has 2 heterocycles. The Morgan fingerprint density at radius 3 is 2.72 bits per heavy atom. The number of hydrogen-bond donors (Lipinski definition) is 2. The second-order valence-electron chi connectivity index (χ2n) is 4.43. The largest absolute Gasteiger partial charge is 0.330 e. The molecule has 2 N–H and O–H groups in total. The van der Waals surface area contributed by atoms with E-state index in [4.69, 9.17) is 12.2 Å². The first-order chi connectivity index (χ1) is 8.61. The highest BCUT2D eigenvalue weighted by Crippen LogP contribution is 2.34. The number of fused-ring (bicyclic) bond motifs is 1. The number of hydrogen-bond acceptors (Lipinski definition) is 4. The maximum absolute atomic E-state index is 11.9. The summed E-state index contributed by atoms with van der Waals surface area (Å²) in [5.74, 6) is 0.687. The molecule has 0 spiro atoms. The summed E-state index contributed by atoms with van der Waals surface area (Å²) in [4.78, 5) is 33.2. The highest BCUT2D eigenvalue weighted by molar-refractivity contribution is 7.71. The minimum absolute atomic E-state index is 0.162. The van der Waals surface area contributed by atoms with Crippen molar-refractivity contribution in [3.05, 3.63) is 31.3 Å². The van der Waals surface area contributed by atoms with Crippen LogP contribution in [0.3, 0.4) is 0 Å². The summed E-state index contributed by atoms with van der Waals surface area (Å²) < 4.78 is 1.84. The molecule has 18 heavy (non-hydrogen) atoms. The normalized spacial score (nSPS) is 15.2. The van der Waals surface area contributed by atoms with Crippen LogP contribution in [0.2, 0.25) is 0 Å². The van der Waals surface area contributed by atoms with Gasteiger partial charge in [0.05, 0.1) is 0 Å². The van der Waals surface area contributed by atoms with Gasteiger partial charge in [-0.15, -0.1) is 0 Å². The first-order valence-electron chi connectivity index (χ1n) is 5.89. The van der Waals surface area contributed by atoms with E-state index in [9.17, 15) is 9.59 Å². The molecule has 6 nitrogen and oxygen atoms in total. The van der Waals surface area contributed by atoms with Gasteiger partial charge in [-0.2, -0.15) is 0 Å². The number of rotatable bonds is 2. The van der Waals surface area contributed by atoms with Gasteiger partial charge >= 0.3 is 5.69 Å². The molecule has 1 fully saturated rings. The Morgan fingerprint density at radius 2 is 2.11 bits per heavy atom. The van der Waals surface area contributed by atoms with Crippen LogP contribution in [0, 0.1) is 4.64 Å². The van der Waals surface area contributed by atoms with E-state index in [1.54, 1.807) is 4.57 Å². The Labute approximate surface area is 107 Å². The fourth-order valence-corrected chi connectivity index (χ4v) is 2.36. The zero-order chi connectivity index (χ0) is 12.9. The van der Waals surface area contributed by atoms with Crippen molar-refractivity contribution in [2.24, 2.45) is 0 Å². The lowest BCUT2D eigenvalue weighted by molar-refractivity contribution is 0.694. The molecule has 0 unspecified atom stereocenters. The number of H-pyrrole nitrogens is 2. The number of aromatic amines is 2. The molecule has 0 amide bonds. The molecule has 94 valence electrons. The molecule has 7 heteroatoms. The van der Waals surface area contributed by atoms with Crippen LogP contribution >= 0.6 is 12.2 Å². The third-order valence-electron chi connectivity index (χ3n) is 3.10. The van der Waals surface area contributed by atoms with E-state index in [1.807, 2.05) is 6.92 Å². The number of nitrogens with one attached hydrogen (secondary N) is 2. The summed E-state index contributed by atoms with van der Waals surface area (Å²) in [6.45, 7) is 1.94. The van der Waals surface area contributed by atoms with Crippen molar-refractivity contribution >= 4 is 23.3 Å². The quantitative estimate of drug-likeness (QED) is 0.794. The Bertz CT molecular complexity index is 797.